The number of aryl methyl sites for hydroxylation is 1. The van der Waals surface area contributed by atoms with Crippen molar-refractivity contribution < 1.29 is 14.3 Å². The number of carbonyl (C=O) groups excluding carboxylic acids is 2. The van der Waals surface area contributed by atoms with Crippen molar-refractivity contribution in [3.05, 3.63) is 65.0 Å². The Morgan fingerprint density at radius 2 is 1.80 bits per heavy atom. The van der Waals surface area contributed by atoms with Crippen molar-refractivity contribution in [2.24, 2.45) is 0 Å². The number of hydrazine groups is 1. The number of ether oxygens (including phenoxy) is 1. The van der Waals surface area contributed by atoms with Crippen LogP contribution < -0.4 is 20.5 Å². The van der Waals surface area contributed by atoms with E-state index in [1.165, 1.54) is 11.3 Å². The Morgan fingerprint density at radius 3 is 2.43 bits per heavy atom. The summed E-state index contributed by atoms with van der Waals surface area (Å²) in [5, 5.41) is 6.16. The third-order valence-corrected chi connectivity index (χ3v) is 5.15. The quantitative estimate of drug-likeness (QED) is 0.575. The molecule has 1 aromatic heterocycles. The Hall–Kier alpha value is -3.39. The Balaban J connectivity index is 1.84. The Morgan fingerprint density at radius 1 is 1.10 bits per heavy atom. The van der Waals surface area contributed by atoms with E-state index in [-0.39, 0.29) is 5.91 Å². The first kappa shape index (κ1) is 21.3. The predicted octanol–water partition coefficient (Wildman–Crippen LogP) is 4.40. The fourth-order valence-electron chi connectivity index (χ4n) is 2.63. The van der Waals surface area contributed by atoms with Crippen LogP contribution in [0.5, 0.6) is 5.75 Å². The zero-order chi connectivity index (χ0) is 21.5. The monoisotopic (exact) mass is 424 g/mol. The van der Waals surface area contributed by atoms with E-state index in [9.17, 15) is 9.59 Å². The molecule has 3 rings (SSSR count). The minimum absolute atomic E-state index is 0.370. The highest BCUT2D eigenvalue weighted by Crippen LogP contribution is 2.28. The summed E-state index contributed by atoms with van der Waals surface area (Å²) in [5.41, 5.74) is 5.77. The van der Waals surface area contributed by atoms with E-state index < -0.39 is 6.03 Å². The lowest BCUT2D eigenvalue weighted by Gasteiger charge is -2.21. The number of methoxy groups -OCH3 is 1. The number of rotatable bonds is 6. The number of hydrogen-bond donors (Lipinski definition) is 2. The standard InChI is InChI=1S/C22H24N4O3S/c1-4-13-23-21(28)26(25-20(27)17-7-5-15(2)6-8-17)22-24-19(14-30-22)16-9-11-18(29-3)12-10-16/h5-12,14H,4,13H2,1-3H3,(H,23,28)(H,25,27). The lowest BCUT2D eigenvalue weighted by Crippen LogP contribution is -2.51. The second-order valence-electron chi connectivity index (χ2n) is 6.62. The molecule has 0 aliphatic carbocycles. The Bertz CT molecular complexity index is 1000. The van der Waals surface area contributed by atoms with Crippen LogP contribution in [0.1, 0.15) is 29.3 Å². The molecule has 0 bridgehead atoms. The van der Waals surface area contributed by atoms with E-state index in [1.807, 2.05) is 55.6 Å². The summed E-state index contributed by atoms with van der Waals surface area (Å²) in [5.74, 6) is 0.364. The van der Waals surface area contributed by atoms with E-state index in [1.54, 1.807) is 19.2 Å². The Labute approximate surface area is 179 Å². The molecule has 1 heterocycles. The van der Waals surface area contributed by atoms with Gasteiger partial charge < -0.3 is 10.1 Å². The number of carbonyl (C=O) groups is 2. The van der Waals surface area contributed by atoms with Crippen LogP contribution in [0.25, 0.3) is 11.3 Å². The number of amides is 3. The fourth-order valence-corrected chi connectivity index (χ4v) is 3.42. The minimum atomic E-state index is -0.437. The normalized spacial score (nSPS) is 10.4. The minimum Gasteiger partial charge on any atom is -0.497 e. The predicted molar refractivity (Wildman–Crippen MR) is 119 cm³/mol. The van der Waals surface area contributed by atoms with Crippen molar-refractivity contribution in [3.8, 4) is 17.0 Å². The van der Waals surface area contributed by atoms with Crippen molar-refractivity contribution >= 4 is 28.4 Å². The molecule has 2 aromatic carbocycles. The molecular weight excluding hydrogens is 400 g/mol. The third-order valence-electron chi connectivity index (χ3n) is 4.33. The molecule has 0 unspecified atom stereocenters. The van der Waals surface area contributed by atoms with E-state index in [0.29, 0.717) is 22.9 Å². The summed E-state index contributed by atoms with van der Waals surface area (Å²) in [4.78, 5) is 30.0. The fraction of sp³-hybridized carbons (Fsp3) is 0.227. The molecule has 3 aromatic rings. The lowest BCUT2D eigenvalue weighted by atomic mass is 10.1. The second-order valence-corrected chi connectivity index (χ2v) is 7.45. The molecule has 2 N–H and O–H groups in total. The van der Waals surface area contributed by atoms with Gasteiger partial charge in [0.1, 0.15) is 5.75 Å². The van der Waals surface area contributed by atoms with Crippen molar-refractivity contribution in [3.63, 3.8) is 0 Å². The highest BCUT2D eigenvalue weighted by molar-refractivity contribution is 7.14. The SMILES string of the molecule is CCCNC(=O)N(NC(=O)c1ccc(C)cc1)c1nc(-c2ccc(OC)cc2)cs1. The van der Waals surface area contributed by atoms with Crippen LogP contribution in [0.4, 0.5) is 9.93 Å². The van der Waals surface area contributed by atoms with Crippen molar-refractivity contribution in [2.45, 2.75) is 20.3 Å². The molecule has 30 heavy (non-hydrogen) atoms. The molecule has 8 heteroatoms. The average molecular weight is 425 g/mol. The summed E-state index contributed by atoms with van der Waals surface area (Å²) in [6, 6.07) is 14.2. The van der Waals surface area contributed by atoms with Gasteiger partial charge in [0.05, 0.1) is 12.8 Å². The van der Waals surface area contributed by atoms with E-state index in [2.05, 4.69) is 15.7 Å². The maximum absolute atomic E-state index is 12.7. The van der Waals surface area contributed by atoms with Crippen LogP contribution in [0.3, 0.4) is 0 Å². The topological polar surface area (TPSA) is 83.6 Å². The van der Waals surface area contributed by atoms with Crippen molar-refractivity contribution in [2.75, 3.05) is 18.7 Å². The molecule has 0 radical (unpaired) electrons. The van der Waals surface area contributed by atoms with Crippen molar-refractivity contribution in [1.82, 2.24) is 15.7 Å². The number of anilines is 1. The largest absolute Gasteiger partial charge is 0.497 e. The zero-order valence-electron chi connectivity index (χ0n) is 17.1. The maximum Gasteiger partial charge on any atom is 0.343 e. The average Bonchev–Trinajstić information content (AvgIpc) is 3.26. The second kappa shape index (κ2) is 9.89. The molecule has 0 aliphatic heterocycles. The van der Waals surface area contributed by atoms with E-state index in [0.717, 1.165) is 28.3 Å². The molecule has 156 valence electrons. The number of nitrogens with zero attached hydrogens (tertiary/aromatic N) is 2. The van der Waals surface area contributed by atoms with Gasteiger partial charge in [0.25, 0.3) is 5.91 Å². The van der Waals surface area contributed by atoms with Gasteiger partial charge in [-0.1, -0.05) is 24.6 Å². The summed E-state index contributed by atoms with van der Waals surface area (Å²) < 4.78 is 5.18. The van der Waals surface area contributed by atoms with Crippen LogP contribution >= 0.6 is 11.3 Å². The van der Waals surface area contributed by atoms with Crippen molar-refractivity contribution in [1.29, 1.82) is 0 Å². The summed E-state index contributed by atoms with van der Waals surface area (Å²) in [7, 11) is 1.61. The number of thiazole rings is 1. The molecular formula is C22H24N4O3S. The first-order chi connectivity index (χ1) is 14.5. The van der Waals surface area contributed by atoms with Gasteiger partial charge in [0, 0.05) is 23.1 Å². The van der Waals surface area contributed by atoms with Crippen LogP contribution in [-0.2, 0) is 0 Å². The smallest absolute Gasteiger partial charge is 0.343 e. The molecule has 0 spiro atoms. The van der Waals surface area contributed by atoms with Gasteiger partial charge in [-0.25, -0.2) is 9.78 Å². The first-order valence-corrected chi connectivity index (χ1v) is 10.5. The van der Waals surface area contributed by atoms with E-state index in [4.69, 9.17) is 4.74 Å². The maximum atomic E-state index is 12.7. The highest BCUT2D eigenvalue weighted by Gasteiger charge is 2.22. The van der Waals surface area contributed by atoms with Crippen LogP contribution in [0, 0.1) is 6.92 Å². The van der Waals surface area contributed by atoms with Gasteiger partial charge >= 0.3 is 6.03 Å². The van der Waals surface area contributed by atoms with Gasteiger partial charge in [-0.05, 0) is 49.7 Å². The molecule has 0 saturated heterocycles. The molecule has 3 amide bonds. The van der Waals surface area contributed by atoms with Crippen LogP contribution in [0.15, 0.2) is 53.9 Å². The molecule has 0 aliphatic rings. The van der Waals surface area contributed by atoms with Crippen LogP contribution in [0.2, 0.25) is 0 Å². The number of urea groups is 1. The zero-order valence-corrected chi connectivity index (χ0v) is 18.0. The highest BCUT2D eigenvalue weighted by atomic mass is 32.1. The van der Waals surface area contributed by atoms with Gasteiger partial charge in [-0.2, -0.15) is 5.01 Å². The summed E-state index contributed by atoms with van der Waals surface area (Å²) >= 11 is 1.27. The van der Waals surface area contributed by atoms with Gasteiger partial charge in [0.2, 0.25) is 5.13 Å². The number of nitrogens with one attached hydrogen (secondary N) is 2. The lowest BCUT2D eigenvalue weighted by molar-refractivity contribution is 0.0950. The van der Waals surface area contributed by atoms with Gasteiger partial charge in [0.15, 0.2) is 0 Å². The Kier molecular flexibility index (Phi) is 7.03. The van der Waals surface area contributed by atoms with E-state index >= 15 is 0 Å². The van der Waals surface area contributed by atoms with Gasteiger partial charge in [-0.3, -0.25) is 10.2 Å². The third kappa shape index (κ3) is 5.15. The van der Waals surface area contributed by atoms with Gasteiger partial charge in [-0.15, -0.1) is 11.3 Å². The van der Waals surface area contributed by atoms with Crippen LogP contribution in [-0.4, -0.2) is 30.6 Å². The first-order valence-electron chi connectivity index (χ1n) is 9.57. The number of benzene rings is 2. The molecule has 7 nitrogen and oxygen atoms in total. The number of hydrogen-bond acceptors (Lipinski definition) is 5. The molecule has 0 fully saturated rings. The molecule has 0 saturated carbocycles. The summed E-state index contributed by atoms with van der Waals surface area (Å²) in [6.07, 6.45) is 0.778. The summed E-state index contributed by atoms with van der Waals surface area (Å²) in [6.45, 7) is 4.40. The molecule has 0 atom stereocenters. The number of aromatic nitrogens is 1.